The molecule has 4 N–H and O–H groups in total. The summed E-state index contributed by atoms with van der Waals surface area (Å²) in [5.41, 5.74) is 5.38. The van der Waals surface area contributed by atoms with E-state index in [1.54, 1.807) is 0 Å². The Morgan fingerprint density at radius 1 is 1.67 bits per heavy atom. The molecule has 1 amide bonds. The quantitative estimate of drug-likeness (QED) is 0.685. The third-order valence-electron chi connectivity index (χ3n) is 3.11. The Hall–Kier alpha value is -1.63. The minimum Gasteiger partial charge on any atom is -0.367 e. The van der Waals surface area contributed by atoms with Gasteiger partial charge in [0.25, 0.3) is 0 Å². The van der Waals surface area contributed by atoms with Crippen LogP contribution in [0.25, 0.3) is 0 Å². The van der Waals surface area contributed by atoms with Gasteiger partial charge in [-0.15, -0.1) is 5.10 Å². The summed E-state index contributed by atoms with van der Waals surface area (Å²) in [5.74, 6) is 1.47. The summed E-state index contributed by atoms with van der Waals surface area (Å²) in [6.45, 7) is 5.03. The lowest BCUT2D eigenvalue weighted by Gasteiger charge is -2.30. The van der Waals surface area contributed by atoms with Crippen molar-refractivity contribution in [2.24, 2.45) is 5.92 Å². The van der Waals surface area contributed by atoms with Gasteiger partial charge in [-0.25, -0.2) is 0 Å². The number of rotatable bonds is 4. The molecule has 18 heavy (non-hydrogen) atoms. The van der Waals surface area contributed by atoms with E-state index in [1.807, 2.05) is 0 Å². The Balaban J connectivity index is 1.71. The number of nitrogen functional groups attached to an aromatic ring is 1. The first-order valence-corrected chi connectivity index (χ1v) is 6.29. The predicted molar refractivity (Wildman–Crippen MR) is 67.5 cm³/mol. The molecule has 7 nitrogen and oxygen atoms in total. The molecular formula is C11H20N6O. The highest BCUT2D eigenvalue weighted by molar-refractivity contribution is 5.77. The van der Waals surface area contributed by atoms with E-state index in [0.717, 1.165) is 13.1 Å². The number of nitrogens with zero attached hydrogens (tertiary/aromatic N) is 3. The van der Waals surface area contributed by atoms with Crippen molar-refractivity contribution in [3.8, 4) is 0 Å². The molecular weight excluding hydrogens is 232 g/mol. The number of hydrogen-bond donors (Lipinski definition) is 3. The highest BCUT2D eigenvalue weighted by atomic mass is 16.2. The van der Waals surface area contributed by atoms with Crippen LogP contribution in [-0.4, -0.2) is 45.6 Å². The summed E-state index contributed by atoms with van der Waals surface area (Å²) < 4.78 is 0. The minimum atomic E-state index is 0.0130. The van der Waals surface area contributed by atoms with E-state index in [1.165, 1.54) is 12.8 Å². The van der Waals surface area contributed by atoms with Crippen molar-refractivity contribution in [1.29, 1.82) is 0 Å². The molecule has 1 aromatic heterocycles. The highest BCUT2D eigenvalue weighted by Gasteiger charge is 2.18. The van der Waals surface area contributed by atoms with E-state index < -0.39 is 0 Å². The van der Waals surface area contributed by atoms with Crippen molar-refractivity contribution >= 4 is 11.9 Å². The zero-order valence-electron chi connectivity index (χ0n) is 10.6. The average Bonchev–Trinajstić information content (AvgIpc) is 2.73. The molecule has 2 heterocycles. The molecule has 1 fully saturated rings. The Morgan fingerprint density at radius 3 is 3.17 bits per heavy atom. The van der Waals surface area contributed by atoms with Crippen molar-refractivity contribution in [2.75, 3.05) is 25.4 Å². The number of likely N-dealkylation sites (tertiary alicyclic amines) is 1. The molecule has 1 aliphatic heterocycles. The maximum absolute atomic E-state index is 11.8. The molecule has 0 spiro atoms. The Bertz CT molecular complexity index is 404. The smallest absolute Gasteiger partial charge is 0.239 e. The van der Waals surface area contributed by atoms with Gasteiger partial charge < -0.3 is 11.1 Å². The summed E-state index contributed by atoms with van der Waals surface area (Å²) >= 11 is 0. The standard InChI is InChI=1S/C11H20N6O/c1-8-3-2-4-17(6-8)7-10(18)13-5-9-14-11(12)16-15-9/h8H,2-7H2,1H3,(H,13,18)(H3,12,14,15,16). The van der Waals surface area contributed by atoms with Gasteiger partial charge in [0.15, 0.2) is 0 Å². The fourth-order valence-electron chi connectivity index (χ4n) is 2.26. The number of aromatic amines is 1. The second-order valence-electron chi connectivity index (χ2n) is 4.90. The largest absolute Gasteiger partial charge is 0.367 e. The van der Waals surface area contributed by atoms with Crippen LogP contribution in [0.4, 0.5) is 5.95 Å². The fraction of sp³-hybridized carbons (Fsp3) is 0.727. The fourth-order valence-corrected chi connectivity index (χ4v) is 2.26. The first-order valence-electron chi connectivity index (χ1n) is 6.29. The van der Waals surface area contributed by atoms with Gasteiger partial charge >= 0.3 is 0 Å². The van der Waals surface area contributed by atoms with Crippen LogP contribution in [0.2, 0.25) is 0 Å². The van der Waals surface area contributed by atoms with Crippen molar-refractivity contribution in [1.82, 2.24) is 25.4 Å². The number of nitrogens with two attached hydrogens (primary N) is 1. The van der Waals surface area contributed by atoms with Gasteiger partial charge in [-0.05, 0) is 25.3 Å². The monoisotopic (exact) mass is 252 g/mol. The number of aromatic nitrogens is 3. The molecule has 0 radical (unpaired) electrons. The maximum Gasteiger partial charge on any atom is 0.239 e. The lowest BCUT2D eigenvalue weighted by Crippen LogP contribution is -2.41. The number of carbonyl (C=O) groups excluding carboxylic acids is 1. The van der Waals surface area contributed by atoms with Crippen LogP contribution in [0.15, 0.2) is 0 Å². The van der Waals surface area contributed by atoms with Gasteiger partial charge in [0.05, 0.1) is 13.1 Å². The second-order valence-corrected chi connectivity index (χ2v) is 4.90. The van der Waals surface area contributed by atoms with Crippen LogP contribution in [0.3, 0.4) is 0 Å². The molecule has 0 aromatic carbocycles. The molecule has 1 aromatic rings. The Labute approximate surface area is 106 Å². The summed E-state index contributed by atoms with van der Waals surface area (Å²) in [6, 6.07) is 0. The van der Waals surface area contributed by atoms with Crippen molar-refractivity contribution in [3.05, 3.63) is 5.82 Å². The van der Waals surface area contributed by atoms with Crippen LogP contribution in [0.1, 0.15) is 25.6 Å². The lowest BCUT2D eigenvalue weighted by molar-refractivity contribution is -0.122. The highest BCUT2D eigenvalue weighted by Crippen LogP contribution is 2.14. The van der Waals surface area contributed by atoms with Gasteiger partial charge in [0.1, 0.15) is 5.82 Å². The predicted octanol–water partition coefficient (Wildman–Crippen LogP) is -0.265. The van der Waals surface area contributed by atoms with Crippen LogP contribution in [-0.2, 0) is 11.3 Å². The molecule has 7 heteroatoms. The molecule has 1 unspecified atom stereocenters. The maximum atomic E-state index is 11.8. The van der Waals surface area contributed by atoms with Crippen molar-refractivity contribution in [3.63, 3.8) is 0 Å². The van der Waals surface area contributed by atoms with E-state index in [4.69, 9.17) is 5.73 Å². The number of H-pyrrole nitrogens is 1. The third kappa shape index (κ3) is 3.69. The van der Waals surface area contributed by atoms with E-state index in [9.17, 15) is 4.79 Å². The third-order valence-corrected chi connectivity index (χ3v) is 3.11. The zero-order chi connectivity index (χ0) is 13.0. The number of amides is 1. The first-order chi connectivity index (χ1) is 8.63. The van der Waals surface area contributed by atoms with Gasteiger partial charge in [-0.1, -0.05) is 6.92 Å². The molecule has 2 rings (SSSR count). The molecule has 0 aliphatic carbocycles. The van der Waals surface area contributed by atoms with Gasteiger partial charge in [0.2, 0.25) is 11.9 Å². The van der Waals surface area contributed by atoms with Crippen LogP contribution >= 0.6 is 0 Å². The van der Waals surface area contributed by atoms with Gasteiger partial charge in [0, 0.05) is 6.54 Å². The van der Waals surface area contributed by atoms with Crippen molar-refractivity contribution < 1.29 is 4.79 Å². The van der Waals surface area contributed by atoms with Crippen molar-refractivity contribution in [2.45, 2.75) is 26.3 Å². The molecule has 1 saturated heterocycles. The Morgan fingerprint density at radius 2 is 2.50 bits per heavy atom. The summed E-state index contributed by atoms with van der Waals surface area (Å²) in [6.07, 6.45) is 2.43. The molecule has 0 saturated carbocycles. The van der Waals surface area contributed by atoms with Crippen LogP contribution in [0.5, 0.6) is 0 Å². The summed E-state index contributed by atoms with van der Waals surface area (Å²) in [7, 11) is 0. The second kappa shape index (κ2) is 5.81. The van der Waals surface area contributed by atoms with Gasteiger partial charge in [-0.3, -0.25) is 14.8 Å². The van der Waals surface area contributed by atoms with E-state index >= 15 is 0 Å². The number of anilines is 1. The molecule has 0 bridgehead atoms. The SMILES string of the molecule is CC1CCCN(CC(=O)NCc2nc(N)n[nH]2)C1. The van der Waals surface area contributed by atoms with Crippen LogP contribution < -0.4 is 11.1 Å². The van der Waals surface area contributed by atoms with Crippen LogP contribution in [0, 0.1) is 5.92 Å². The summed E-state index contributed by atoms with van der Waals surface area (Å²) in [4.78, 5) is 17.9. The average molecular weight is 252 g/mol. The first kappa shape index (κ1) is 12.8. The number of piperidine rings is 1. The van der Waals surface area contributed by atoms with E-state index in [0.29, 0.717) is 24.8 Å². The topological polar surface area (TPSA) is 99.9 Å². The minimum absolute atomic E-state index is 0.0130. The summed E-state index contributed by atoms with van der Waals surface area (Å²) in [5, 5.41) is 9.16. The normalized spacial score (nSPS) is 20.8. The molecule has 1 aliphatic rings. The molecule has 1 atom stereocenters. The van der Waals surface area contributed by atoms with E-state index in [-0.39, 0.29) is 11.9 Å². The number of nitrogens with one attached hydrogen (secondary N) is 2. The number of carbonyl (C=O) groups is 1. The Kier molecular flexibility index (Phi) is 4.14. The molecule has 100 valence electrons. The van der Waals surface area contributed by atoms with E-state index in [2.05, 4.69) is 32.3 Å². The van der Waals surface area contributed by atoms with Gasteiger partial charge in [-0.2, -0.15) is 4.98 Å². The zero-order valence-corrected chi connectivity index (χ0v) is 10.6. The number of hydrogen-bond acceptors (Lipinski definition) is 5. The lowest BCUT2D eigenvalue weighted by atomic mass is 10.0.